The quantitative estimate of drug-likeness (QED) is 0.420. The Balaban J connectivity index is 1.63. The number of hydrogen-bond acceptors (Lipinski definition) is 6. The van der Waals surface area contributed by atoms with Gasteiger partial charge < -0.3 is 9.64 Å². The summed E-state index contributed by atoms with van der Waals surface area (Å²) in [6.07, 6.45) is 1.78. The topological polar surface area (TPSA) is 67.4 Å². The maximum atomic E-state index is 12.8. The summed E-state index contributed by atoms with van der Waals surface area (Å²) in [5, 5.41) is 3.44. The third kappa shape index (κ3) is 4.22. The van der Waals surface area contributed by atoms with E-state index in [1.165, 1.54) is 11.3 Å². The lowest BCUT2D eigenvalue weighted by molar-refractivity contribution is 0.102. The summed E-state index contributed by atoms with van der Waals surface area (Å²) < 4.78 is 6.32. The van der Waals surface area contributed by atoms with Gasteiger partial charge in [-0.2, -0.15) is 0 Å². The van der Waals surface area contributed by atoms with E-state index < -0.39 is 0 Å². The number of thiazole rings is 1. The number of carbonyl (C=O) groups is 1. The van der Waals surface area contributed by atoms with Gasteiger partial charge in [0, 0.05) is 36.1 Å². The van der Waals surface area contributed by atoms with Crippen molar-refractivity contribution in [3.05, 3.63) is 66.4 Å². The lowest BCUT2D eigenvalue weighted by Gasteiger charge is -2.20. The number of pyridine rings is 1. The lowest BCUT2D eigenvalue weighted by atomic mass is 10.1. The van der Waals surface area contributed by atoms with E-state index in [0.717, 1.165) is 34.6 Å². The molecule has 0 bridgehead atoms. The second-order valence-corrected chi connectivity index (χ2v) is 7.92. The van der Waals surface area contributed by atoms with Crippen LogP contribution >= 0.6 is 11.3 Å². The number of nitrogens with zero attached hydrogens (tertiary/aromatic N) is 3. The number of nitrogens with one attached hydrogen (secondary N) is 1. The van der Waals surface area contributed by atoms with Crippen LogP contribution in [0.3, 0.4) is 0 Å². The minimum Gasteiger partial charge on any atom is -0.479 e. The Morgan fingerprint density at radius 2 is 1.77 bits per heavy atom. The fourth-order valence-electron chi connectivity index (χ4n) is 3.50. The number of amides is 1. The molecule has 0 aliphatic heterocycles. The Morgan fingerprint density at radius 3 is 2.42 bits per heavy atom. The molecule has 2 aromatic heterocycles. The van der Waals surface area contributed by atoms with Crippen molar-refractivity contribution in [3.63, 3.8) is 0 Å². The highest BCUT2D eigenvalue weighted by molar-refractivity contribution is 7.23. The van der Waals surface area contributed by atoms with E-state index in [4.69, 9.17) is 4.74 Å². The van der Waals surface area contributed by atoms with Crippen LogP contribution < -0.4 is 15.0 Å². The fourth-order valence-corrected chi connectivity index (χ4v) is 4.48. The third-order valence-corrected chi connectivity index (χ3v) is 6.15. The number of rotatable bonds is 7. The highest BCUT2D eigenvalue weighted by Gasteiger charge is 2.17. The first-order chi connectivity index (χ1) is 15.1. The number of anilines is 2. The summed E-state index contributed by atoms with van der Waals surface area (Å²) in [6.45, 7) is 6.08. The van der Waals surface area contributed by atoms with Crippen LogP contribution in [-0.4, -0.2) is 36.1 Å². The Kier molecular flexibility index (Phi) is 6.13. The monoisotopic (exact) mass is 432 g/mol. The average molecular weight is 433 g/mol. The number of benzene rings is 2. The van der Waals surface area contributed by atoms with Crippen LogP contribution in [0, 0.1) is 0 Å². The summed E-state index contributed by atoms with van der Waals surface area (Å²) in [4.78, 5) is 24.0. The molecule has 7 heteroatoms. The SMILES string of the molecule is CCN(CC)c1ccc(C(=O)Nc2nc3c(OC)ncc(-c4ccccc4)c3s2)cc1. The molecule has 2 heterocycles. The van der Waals surface area contributed by atoms with Gasteiger partial charge in [-0.05, 0) is 43.7 Å². The van der Waals surface area contributed by atoms with Crippen LogP contribution in [0.1, 0.15) is 24.2 Å². The molecule has 4 aromatic rings. The number of methoxy groups -OCH3 is 1. The van der Waals surface area contributed by atoms with Gasteiger partial charge in [-0.25, -0.2) is 9.97 Å². The van der Waals surface area contributed by atoms with Crippen molar-refractivity contribution in [1.82, 2.24) is 9.97 Å². The molecular formula is C24H24N4O2S. The second-order valence-electron chi connectivity index (χ2n) is 6.92. The number of aromatic nitrogens is 2. The van der Waals surface area contributed by atoms with Crippen LogP contribution in [-0.2, 0) is 0 Å². The maximum absolute atomic E-state index is 12.8. The minimum absolute atomic E-state index is 0.196. The lowest BCUT2D eigenvalue weighted by Crippen LogP contribution is -2.21. The van der Waals surface area contributed by atoms with Crippen molar-refractivity contribution >= 4 is 38.3 Å². The van der Waals surface area contributed by atoms with Gasteiger partial charge in [0.15, 0.2) is 5.13 Å². The smallest absolute Gasteiger partial charge is 0.257 e. The standard InChI is InChI=1S/C24H24N4O2S/c1-4-28(5-2)18-13-11-17(12-14-18)22(29)27-24-26-20-21(31-24)19(15-25-23(20)30-3)16-9-7-6-8-10-16/h6-15H,4-5H2,1-3H3,(H,26,27,29). The molecule has 1 N–H and O–H groups in total. The zero-order chi connectivity index (χ0) is 21.8. The van der Waals surface area contributed by atoms with E-state index in [1.807, 2.05) is 54.6 Å². The summed E-state index contributed by atoms with van der Waals surface area (Å²) in [5.41, 5.74) is 4.32. The van der Waals surface area contributed by atoms with E-state index in [9.17, 15) is 4.79 Å². The number of ether oxygens (including phenoxy) is 1. The molecule has 0 radical (unpaired) electrons. The largest absolute Gasteiger partial charge is 0.479 e. The number of fused-ring (bicyclic) bond motifs is 1. The first kappa shape index (κ1) is 20.8. The molecule has 1 amide bonds. The second kappa shape index (κ2) is 9.14. The van der Waals surface area contributed by atoms with Gasteiger partial charge in [0.25, 0.3) is 5.91 Å². The normalized spacial score (nSPS) is 10.8. The molecule has 2 aromatic carbocycles. The van der Waals surface area contributed by atoms with Crippen LogP contribution in [0.15, 0.2) is 60.8 Å². The minimum atomic E-state index is -0.196. The molecule has 0 saturated heterocycles. The Morgan fingerprint density at radius 1 is 1.06 bits per heavy atom. The van der Waals surface area contributed by atoms with Gasteiger partial charge in [0.05, 0.1) is 11.8 Å². The molecule has 31 heavy (non-hydrogen) atoms. The first-order valence-electron chi connectivity index (χ1n) is 10.2. The highest BCUT2D eigenvalue weighted by Crippen LogP contribution is 2.38. The van der Waals surface area contributed by atoms with Crippen LogP contribution in [0.4, 0.5) is 10.8 Å². The molecule has 6 nitrogen and oxygen atoms in total. The van der Waals surface area contributed by atoms with E-state index in [1.54, 1.807) is 13.3 Å². The summed E-state index contributed by atoms with van der Waals surface area (Å²) in [6, 6.07) is 17.6. The molecule has 158 valence electrons. The molecular weight excluding hydrogens is 408 g/mol. The molecule has 0 spiro atoms. The highest BCUT2D eigenvalue weighted by atomic mass is 32.1. The van der Waals surface area contributed by atoms with Gasteiger partial charge in [0.2, 0.25) is 5.88 Å². The molecule has 4 rings (SSSR count). The Labute approximate surface area is 185 Å². The third-order valence-electron chi connectivity index (χ3n) is 5.14. The predicted molar refractivity (Wildman–Crippen MR) is 127 cm³/mol. The van der Waals surface area contributed by atoms with Crippen molar-refractivity contribution in [2.45, 2.75) is 13.8 Å². The van der Waals surface area contributed by atoms with Gasteiger partial charge in [-0.3, -0.25) is 10.1 Å². The molecule has 0 fully saturated rings. The van der Waals surface area contributed by atoms with Crippen LogP contribution in [0.5, 0.6) is 5.88 Å². The van der Waals surface area contributed by atoms with E-state index in [2.05, 4.69) is 34.0 Å². The van der Waals surface area contributed by atoms with E-state index >= 15 is 0 Å². The molecule has 0 aliphatic rings. The van der Waals surface area contributed by atoms with Crippen molar-refractivity contribution in [2.75, 3.05) is 30.4 Å². The van der Waals surface area contributed by atoms with E-state index in [0.29, 0.717) is 22.1 Å². The first-order valence-corrected chi connectivity index (χ1v) is 11.0. The number of carbonyl (C=O) groups excluding carboxylic acids is 1. The molecule has 0 unspecified atom stereocenters. The van der Waals surface area contributed by atoms with Crippen molar-refractivity contribution in [3.8, 4) is 17.0 Å². The predicted octanol–water partition coefficient (Wildman–Crippen LogP) is 5.47. The average Bonchev–Trinajstić information content (AvgIpc) is 3.23. The van der Waals surface area contributed by atoms with Gasteiger partial charge >= 0.3 is 0 Å². The summed E-state index contributed by atoms with van der Waals surface area (Å²) >= 11 is 1.42. The Bertz CT molecular complexity index is 1190. The molecule has 0 saturated carbocycles. The van der Waals surface area contributed by atoms with Crippen molar-refractivity contribution < 1.29 is 9.53 Å². The molecule has 0 aliphatic carbocycles. The Hall–Kier alpha value is -3.45. The van der Waals surface area contributed by atoms with Crippen molar-refractivity contribution in [1.29, 1.82) is 0 Å². The summed E-state index contributed by atoms with van der Waals surface area (Å²) in [7, 11) is 1.57. The van der Waals surface area contributed by atoms with Crippen LogP contribution in [0.2, 0.25) is 0 Å². The zero-order valence-electron chi connectivity index (χ0n) is 17.8. The van der Waals surface area contributed by atoms with Gasteiger partial charge in [0.1, 0.15) is 5.52 Å². The van der Waals surface area contributed by atoms with E-state index in [-0.39, 0.29) is 5.91 Å². The number of hydrogen-bond donors (Lipinski definition) is 1. The van der Waals surface area contributed by atoms with Gasteiger partial charge in [-0.1, -0.05) is 41.7 Å². The zero-order valence-corrected chi connectivity index (χ0v) is 18.6. The van der Waals surface area contributed by atoms with Gasteiger partial charge in [-0.15, -0.1) is 0 Å². The van der Waals surface area contributed by atoms with Crippen LogP contribution in [0.25, 0.3) is 21.3 Å². The fraction of sp³-hybridized carbons (Fsp3) is 0.208. The maximum Gasteiger partial charge on any atom is 0.257 e. The summed E-state index contributed by atoms with van der Waals surface area (Å²) in [5.74, 6) is 0.244. The van der Waals surface area contributed by atoms with Crippen molar-refractivity contribution in [2.24, 2.45) is 0 Å². The molecule has 0 atom stereocenters.